The number of rotatable bonds is 10. The molecule has 1 saturated carbocycles. The van der Waals surface area contributed by atoms with Crippen LogP contribution in [-0.4, -0.2) is 55.9 Å². The number of amides is 1. The topological polar surface area (TPSA) is 67.9 Å². The third-order valence-corrected chi connectivity index (χ3v) is 4.74. The molecule has 1 atom stereocenters. The minimum atomic E-state index is -0.377. The summed E-state index contributed by atoms with van der Waals surface area (Å²) in [5, 5.41) is 2.82. The Hall–Kier alpha value is -1.30. The molecule has 0 aliphatic heterocycles. The van der Waals surface area contributed by atoms with Gasteiger partial charge in [-0.3, -0.25) is 4.79 Å². The molecule has 0 heterocycles. The lowest BCUT2D eigenvalue weighted by molar-refractivity contribution is -0.148. The first-order chi connectivity index (χ1) is 11.9. The Labute approximate surface area is 152 Å². The van der Waals surface area contributed by atoms with Crippen molar-refractivity contribution in [1.82, 2.24) is 10.2 Å². The fraction of sp³-hybridized carbons (Fsp3) is 0.895. The zero-order valence-electron chi connectivity index (χ0n) is 16.4. The summed E-state index contributed by atoms with van der Waals surface area (Å²) in [4.78, 5) is 26.1. The van der Waals surface area contributed by atoms with Crippen LogP contribution in [0.4, 0.5) is 4.79 Å². The maximum atomic E-state index is 12.1. The van der Waals surface area contributed by atoms with Gasteiger partial charge in [0.2, 0.25) is 0 Å². The van der Waals surface area contributed by atoms with Crippen molar-refractivity contribution in [2.45, 2.75) is 77.9 Å². The number of likely N-dealkylation sites (N-methyl/N-ethyl adjacent to an activating group) is 1. The second kappa shape index (κ2) is 12.1. The van der Waals surface area contributed by atoms with E-state index >= 15 is 0 Å². The zero-order valence-corrected chi connectivity index (χ0v) is 16.4. The summed E-state index contributed by atoms with van der Waals surface area (Å²) in [6.45, 7) is 8.06. The van der Waals surface area contributed by atoms with Crippen molar-refractivity contribution in [3.8, 4) is 0 Å². The molecule has 0 bridgehead atoms. The lowest BCUT2D eigenvalue weighted by Crippen LogP contribution is -2.37. The van der Waals surface area contributed by atoms with Crippen molar-refractivity contribution in [3.05, 3.63) is 0 Å². The summed E-state index contributed by atoms with van der Waals surface area (Å²) in [5.41, 5.74) is 0. The third-order valence-electron chi connectivity index (χ3n) is 4.74. The first-order valence-corrected chi connectivity index (χ1v) is 9.74. The van der Waals surface area contributed by atoms with E-state index in [1.54, 1.807) is 0 Å². The highest BCUT2D eigenvalue weighted by atomic mass is 16.6. The van der Waals surface area contributed by atoms with E-state index in [2.05, 4.69) is 17.1 Å². The average molecular weight is 357 g/mol. The number of nitrogens with one attached hydrogen (secondary N) is 1. The molecule has 1 N–H and O–H groups in total. The Morgan fingerprint density at radius 1 is 1.16 bits per heavy atom. The number of carbonyl (C=O) groups excluding carboxylic acids is 2. The van der Waals surface area contributed by atoms with E-state index in [4.69, 9.17) is 9.47 Å². The number of hydrogen-bond acceptors (Lipinski definition) is 5. The quantitative estimate of drug-likeness (QED) is 0.608. The molecule has 6 heteroatoms. The molecule has 1 aliphatic carbocycles. The molecule has 0 aromatic rings. The Morgan fingerprint density at radius 2 is 1.84 bits per heavy atom. The monoisotopic (exact) mass is 356 g/mol. The maximum Gasteiger partial charge on any atom is 0.407 e. The molecular formula is C19H36N2O4. The van der Waals surface area contributed by atoms with E-state index in [1.165, 1.54) is 19.3 Å². The van der Waals surface area contributed by atoms with Crippen LogP contribution in [-0.2, 0) is 14.3 Å². The van der Waals surface area contributed by atoms with Gasteiger partial charge < -0.3 is 19.7 Å². The first-order valence-electron chi connectivity index (χ1n) is 9.74. The van der Waals surface area contributed by atoms with Crippen LogP contribution < -0.4 is 5.32 Å². The molecule has 0 aromatic heterocycles. The molecule has 0 aromatic carbocycles. The number of esters is 1. The number of hydrogen-bond donors (Lipinski definition) is 1. The van der Waals surface area contributed by atoms with Gasteiger partial charge in [0.1, 0.15) is 6.10 Å². The minimum absolute atomic E-state index is 0.111. The second-order valence-corrected chi connectivity index (χ2v) is 7.24. The highest BCUT2D eigenvalue weighted by Crippen LogP contribution is 2.30. The fourth-order valence-electron chi connectivity index (χ4n) is 3.16. The smallest absolute Gasteiger partial charge is 0.407 e. The van der Waals surface area contributed by atoms with Crippen LogP contribution in [0.3, 0.4) is 0 Å². The Bertz CT molecular complexity index is 395. The third kappa shape index (κ3) is 9.68. The predicted octanol–water partition coefficient (Wildman–Crippen LogP) is 3.35. The van der Waals surface area contributed by atoms with Gasteiger partial charge in [0, 0.05) is 19.5 Å². The highest BCUT2D eigenvalue weighted by molar-refractivity contribution is 5.70. The molecule has 1 rings (SSSR count). The van der Waals surface area contributed by atoms with Gasteiger partial charge in [-0.15, -0.1) is 0 Å². The highest BCUT2D eigenvalue weighted by Gasteiger charge is 2.27. The summed E-state index contributed by atoms with van der Waals surface area (Å²) >= 11 is 0. The van der Waals surface area contributed by atoms with Gasteiger partial charge in [0.05, 0.1) is 6.10 Å². The molecule has 146 valence electrons. The standard InChI is InChI=1S/C19H36N2O4/c1-5-21(4)14-13-20-19(23)25-17(16-9-7-6-8-10-16)11-12-18(22)24-15(2)3/h15-17H,5-14H2,1-4H3,(H,20,23). The van der Waals surface area contributed by atoms with Crippen LogP contribution in [0.25, 0.3) is 0 Å². The zero-order chi connectivity index (χ0) is 18.7. The lowest BCUT2D eigenvalue weighted by Gasteiger charge is -2.30. The molecular weight excluding hydrogens is 320 g/mol. The Kier molecular flexibility index (Phi) is 10.5. The lowest BCUT2D eigenvalue weighted by atomic mass is 9.83. The summed E-state index contributed by atoms with van der Waals surface area (Å²) in [6.07, 6.45) is 5.86. The van der Waals surface area contributed by atoms with E-state index in [-0.39, 0.29) is 24.3 Å². The van der Waals surface area contributed by atoms with E-state index in [0.717, 1.165) is 25.9 Å². The minimum Gasteiger partial charge on any atom is -0.463 e. The van der Waals surface area contributed by atoms with Gasteiger partial charge in [-0.1, -0.05) is 26.2 Å². The van der Waals surface area contributed by atoms with Crippen molar-refractivity contribution >= 4 is 12.1 Å². The van der Waals surface area contributed by atoms with Crippen molar-refractivity contribution in [3.63, 3.8) is 0 Å². The van der Waals surface area contributed by atoms with Gasteiger partial charge in [-0.2, -0.15) is 0 Å². The second-order valence-electron chi connectivity index (χ2n) is 7.24. The van der Waals surface area contributed by atoms with Crippen LogP contribution in [0, 0.1) is 5.92 Å². The van der Waals surface area contributed by atoms with Gasteiger partial charge in [-0.25, -0.2) is 4.79 Å². The molecule has 0 spiro atoms. The first kappa shape index (κ1) is 21.7. The van der Waals surface area contributed by atoms with Gasteiger partial charge in [0.15, 0.2) is 0 Å². The number of ether oxygens (including phenoxy) is 2. The van der Waals surface area contributed by atoms with E-state index < -0.39 is 0 Å². The van der Waals surface area contributed by atoms with Crippen molar-refractivity contribution in [1.29, 1.82) is 0 Å². The number of nitrogens with zero attached hydrogens (tertiary/aromatic N) is 1. The van der Waals surface area contributed by atoms with E-state index in [9.17, 15) is 9.59 Å². The average Bonchev–Trinajstić information content (AvgIpc) is 2.58. The number of carbonyl (C=O) groups is 2. The fourth-order valence-corrected chi connectivity index (χ4v) is 3.16. The molecule has 0 saturated heterocycles. The molecule has 0 radical (unpaired) electrons. The van der Waals surface area contributed by atoms with Crippen LogP contribution in [0.5, 0.6) is 0 Å². The largest absolute Gasteiger partial charge is 0.463 e. The molecule has 1 unspecified atom stereocenters. The van der Waals surface area contributed by atoms with Crippen LogP contribution in [0.2, 0.25) is 0 Å². The predicted molar refractivity (Wildman–Crippen MR) is 98.5 cm³/mol. The maximum absolute atomic E-state index is 12.1. The normalized spacial score (nSPS) is 16.7. The molecule has 6 nitrogen and oxygen atoms in total. The molecule has 1 fully saturated rings. The summed E-state index contributed by atoms with van der Waals surface area (Å²) in [5.74, 6) is 0.133. The van der Waals surface area contributed by atoms with E-state index in [0.29, 0.717) is 25.3 Å². The van der Waals surface area contributed by atoms with Crippen molar-refractivity contribution in [2.75, 3.05) is 26.7 Å². The number of alkyl carbamates (subject to hydrolysis) is 1. The van der Waals surface area contributed by atoms with Crippen LogP contribution >= 0.6 is 0 Å². The summed E-state index contributed by atoms with van der Waals surface area (Å²) in [6, 6.07) is 0. The van der Waals surface area contributed by atoms with Gasteiger partial charge >= 0.3 is 12.1 Å². The SMILES string of the molecule is CCN(C)CCNC(=O)OC(CCC(=O)OC(C)C)C1CCCCC1. The van der Waals surface area contributed by atoms with E-state index in [1.807, 2.05) is 20.9 Å². The van der Waals surface area contributed by atoms with Crippen LogP contribution in [0.1, 0.15) is 65.7 Å². The van der Waals surface area contributed by atoms with Crippen molar-refractivity contribution in [2.24, 2.45) is 5.92 Å². The molecule has 1 aliphatic rings. The molecule has 25 heavy (non-hydrogen) atoms. The van der Waals surface area contributed by atoms with Crippen LogP contribution in [0.15, 0.2) is 0 Å². The molecule has 1 amide bonds. The van der Waals surface area contributed by atoms with Gasteiger partial charge in [-0.05, 0) is 52.6 Å². The summed E-state index contributed by atoms with van der Waals surface area (Å²) in [7, 11) is 2.01. The Balaban J connectivity index is 2.46. The Morgan fingerprint density at radius 3 is 2.44 bits per heavy atom. The summed E-state index contributed by atoms with van der Waals surface area (Å²) < 4.78 is 10.9. The van der Waals surface area contributed by atoms with Gasteiger partial charge in [0.25, 0.3) is 0 Å². The van der Waals surface area contributed by atoms with Crippen molar-refractivity contribution < 1.29 is 19.1 Å².